The average Bonchev–Trinajstić information content (AvgIpc) is 4.09. The Labute approximate surface area is 415 Å². The number of fused-ring (bicyclic) bond motifs is 12. The molecule has 1 aromatic heterocycles. The molecule has 0 N–H and O–H groups in total. The van der Waals surface area contributed by atoms with E-state index in [0.717, 1.165) is 0 Å². The van der Waals surface area contributed by atoms with Crippen molar-refractivity contribution >= 4 is 74.6 Å². The molecule has 14 aromatic rings. The van der Waals surface area contributed by atoms with E-state index in [4.69, 9.17) is 0 Å². The smallest absolute Gasteiger partial charge is 0.0433 e. The second-order valence-corrected chi connectivity index (χ2v) is 20.6. The second kappa shape index (κ2) is 14.8. The van der Waals surface area contributed by atoms with Gasteiger partial charge in [-0.15, -0.1) is 11.3 Å². The predicted molar refractivity (Wildman–Crippen MR) is 305 cm³/mol. The zero-order valence-corrected chi connectivity index (χ0v) is 39.3. The van der Waals surface area contributed by atoms with Gasteiger partial charge in [-0.3, -0.25) is 0 Å². The average molecular weight is 913 g/mol. The lowest BCUT2D eigenvalue weighted by molar-refractivity contribution is 1.61. The van der Waals surface area contributed by atoms with Gasteiger partial charge in [0.05, 0.1) is 0 Å². The van der Waals surface area contributed by atoms with Crippen LogP contribution in [-0.4, -0.2) is 0 Å². The van der Waals surface area contributed by atoms with Gasteiger partial charge in [-0.1, -0.05) is 194 Å². The monoisotopic (exact) mass is 912 g/mol. The Morgan fingerprint density at radius 1 is 0.211 bits per heavy atom. The molecule has 326 valence electrons. The lowest BCUT2D eigenvalue weighted by Gasteiger charge is -2.15. The van der Waals surface area contributed by atoms with Crippen molar-refractivity contribution in [3.63, 3.8) is 0 Å². The first-order valence-electron chi connectivity index (χ1n) is 24.6. The molecule has 0 saturated heterocycles. The molecule has 0 unspecified atom stereocenters. The molecule has 2 aliphatic carbocycles. The summed E-state index contributed by atoms with van der Waals surface area (Å²) < 4.78 is 2.68. The van der Waals surface area contributed by atoms with E-state index in [-0.39, 0.29) is 0 Å². The van der Waals surface area contributed by atoms with Gasteiger partial charge in [0, 0.05) is 20.2 Å². The zero-order valence-electron chi connectivity index (χ0n) is 38.5. The Balaban J connectivity index is 0.803. The highest BCUT2D eigenvalue weighted by molar-refractivity contribution is 7.26. The number of thiophene rings is 1. The van der Waals surface area contributed by atoms with Crippen LogP contribution in [0.15, 0.2) is 243 Å². The van der Waals surface area contributed by atoms with Crippen molar-refractivity contribution in [3.8, 4) is 100 Å². The molecular formula is C70H40S. The Morgan fingerprint density at radius 3 is 1.52 bits per heavy atom. The first kappa shape index (κ1) is 39.0. The van der Waals surface area contributed by atoms with Crippen molar-refractivity contribution in [2.24, 2.45) is 0 Å². The van der Waals surface area contributed by atoms with Crippen molar-refractivity contribution in [1.29, 1.82) is 0 Å². The van der Waals surface area contributed by atoms with Crippen LogP contribution in [0.25, 0.3) is 163 Å². The summed E-state index contributed by atoms with van der Waals surface area (Å²) in [5, 5.41) is 13.0. The van der Waals surface area contributed by atoms with Crippen LogP contribution in [0.4, 0.5) is 0 Å². The van der Waals surface area contributed by atoms with Crippen molar-refractivity contribution in [1.82, 2.24) is 0 Å². The van der Waals surface area contributed by atoms with E-state index in [1.54, 1.807) is 0 Å². The molecule has 0 fully saturated rings. The van der Waals surface area contributed by atoms with E-state index in [2.05, 4.69) is 243 Å². The van der Waals surface area contributed by atoms with Gasteiger partial charge in [0.15, 0.2) is 0 Å². The first-order chi connectivity index (χ1) is 35.2. The van der Waals surface area contributed by atoms with Crippen LogP contribution in [0.3, 0.4) is 0 Å². The Bertz CT molecular complexity index is 4600. The van der Waals surface area contributed by atoms with Crippen LogP contribution in [0.5, 0.6) is 0 Å². The Morgan fingerprint density at radius 2 is 0.704 bits per heavy atom. The summed E-state index contributed by atoms with van der Waals surface area (Å²) in [6, 6.07) is 91.3. The zero-order chi connectivity index (χ0) is 46.3. The third-order valence-corrected chi connectivity index (χ3v) is 16.9. The molecule has 0 spiro atoms. The molecule has 0 amide bonds. The fraction of sp³-hybridized carbons (Fsp3) is 0. The van der Waals surface area contributed by atoms with Crippen LogP contribution < -0.4 is 0 Å². The van der Waals surface area contributed by atoms with E-state index in [1.807, 2.05) is 11.3 Å². The third kappa shape index (κ3) is 5.79. The van der Waals surface area contributed by atoms with Gasteiger partial charge in [-0.05, 0) is 192 Å². The minimum Gasteiger partial charge on any atom is -0.135 e. The van der Waals surface area contributed by atoms with Crippen LogP contribution >= 0.6 is 11.3 Å². The molecule has 0 radical (unpaired) electrons. The van der Waals surface area contributed by atoms with Crippen LogP contribution in [0, 0.1) is 0 Å². The Kier molecular flexibility index (Phi) is 8.14. The summed E-state index contributed by atoms with van der Waals surface area (Å²) in [6.45, 7) is 0. The van der Waals surface area contributed by atoms with Gasteiger partial charge in [0.2, 0.25) is 0 Å². The molecule has 0 atom stereocenters. The number of hydrogen-bond donors (Lipinski definition) is 0. The van der Waals surface area contributed by atoms with Gasteiger partial charge >= 0.3 is 0 Å². The molecule has 2 aliphatic rings. The summed E-state index contributed by atoms with van der Waals surface area (Å²) in [5.41, 5.74) is 22.9. The van der Waals surface area contributed by atoms with E-state index in [1.165, 1.54) is 163 Å². The van der Waals surface area contributed by atoms with Gasteiger partial charge in [0.1, 0.15) is 0 Å². The van der Waals surface area contributed by atoms with Gasteiger partial charge in [-0.25, -0.2) is 0 Å². The van der Waals surface area contributed by atoms with Crippen LogP contribution in [-0.2, 0) is 0 Å². The topological polar surface area (TPSA) is 0 Å². The lowest BCUT2D eigenvalue weighted by Crippen LogP contribution is -1.88. The maximum absolute atomic E-state index is 2.47. The maximum Gasteiger partial charge on any atom is 0.0433 e. The quantitative estimate of drug-likeness (QED) is 0.151. The standard InChI is InChI=1S/C70H40S/c1-2-12-53-44(10-1)30-31-47-34-46(32-33-54(47)53)41-22-24-42(25-23-41)50-36-52-37-51(40-64-58-14-4-3-13-57(58)63(38-50)68(52)64)55-16-8-19-61-60-18-7-11-48-35-49(39-65(67(48)60)69(55)61)43-26-28-45(29-27-43)56-17-9-20-62-59-15-5-6-21-66(59)71-70(56)62/h1-40H. The number of benzene rings is 13. The van der Waals surface area contributed by atoms with E-state index < -0.39 is 0 Å². The van der Waals surface area contributed by atoms with Crippen LogP contribution in [0.1, 0.15) is 0 Å². The molecule has 1 heterocycles. The van der Waals surface area contributed by atoms with Crippen LogP contribution in [0.2, 0.25) is 0 Å². The molecular weight excluding hydrogens is 873 g/mol. The second-order valence-electron chi connectivity index (χ2n) is 19.5. The third-order valence-electron chi connectivity index (χ3n) is 15.7. The van der Waals surface area contributed by atoms with Gasteiger partial charge in [-0.2, -0.15) is 0 Å². The molecule has 0 aliphatic heterocycles. The fourth-order valence-corrected chi connectivity index (χ4v) is 13.6. The highest BCUT2D eigenvalue weighted by Gasteiger charge is 2.28. The highest BCUT2D eigenvalue weighted by atomic mass is 32.1. The number of hydrogen-bond acceptors (Lipinski definition) is 1. The van der Waals surface area contributed by atoms with Crippen molar-refractivity contribution in [3.05, 3.63) is 243 Å². The van der Waals surface area contributed by atoms with Crippen molar-refractivity contribution in [2.75, 3.05) is 0 Å². The molecule has 16 rings (SSSR count). The minimum atomic E-state index is 1.22. The largest absolute Gasteiger partial charge is 0.135 e. The number of rotatable bonds is 5. The first-order valence-corrected chi connectivity index (χ1v) is 25.4. The molecule has 0 saturated carbocycles. The van der Waals surface area contributed by atoms with E-state index >= 15 is 0 Å². The SMILES string of the molecule is c1ccc2c(c1)-c1cc(-c3ccc(-c4ccc5c(ccc6ccccc65)c4)cc3)cc3cc(-c4cccc5c4-c4cc(-c6ccc(-c7cccc8c7sc7ccccc78)cc6)cc6cccc-5c46)cc-2c13. The Hall–Kier alpha value is -8.88. The summed E-state index contributed by atoms with van der Waals surface area (Å²) in [5.74, 6) is 0. The normalized spacial score (nSPS) is 12.2. The molecule has 1 heteroatoms. The molecule has 0 nitrogen and oxygen atoms in total. The summed E-state index contributed by atoms with van der Waals surface area (Å²) >= 11 is 1.89. The fourth-order valence-electron chi connectivity index (χ4n) is 12.4. The maximum atomic E-state index is 2.47. The highest BCUT2D eigenvalue weighted by Crippen LogP contribution is 2.55. The summed E-state index contributed by atoms with van der Waals surface area (Å²) in [6.07, 6.45) is 0. The summed E-state index contributed by atoms with van der Waals surface area (Å²) in [4.78, 5) is 0. The van der Waals surface area contributed by atoms with E-state index in [0.29, 0.717) is 0 Å². The van der Waals surface area contributed by atoms with Gasteiger partial charge in [0.25, 0.3) is 0 Å². The van der Waals surface area contributed by atoms with Gasteiger partial charge < -0.3 is 0 Å². The molecule has 71 heavy (non-hydrogen) atoms. The molecule has 13 aromatic carbocycles. The van der Waals surface area contributed by atoms with Crippen molar-refractivity contribution in [2.45, 2.75) is 0 Å². The van der Waals surface area contributed by atoms with E-state index in [9.17, 15) is 0 Å². The predicted octanol–water partition coefficient (Wildman–Crippen LogP) is 20.3. The lowest BCUT2D eigenvalue weighted by atomic mass is 9.88. The minimum absolute atomic E-state index is 1.22. The summed E-state index contributed by atoms with van der Waals surface area (Å²) in [7, 11) is 0. The molecule has 0 bridgehead atoms. The van der Waals surface area contributed by atoms with Crippen molar-refractivity contribution < 1.29 is 0 Å².